The lowest BCUT2D eigenvalue weighted by molar-refractivity contribution is -0.153. The molecule has 8 heteroatoms. The number of anilines is 2. The highest BCUT2D eigenvalue weighted by atomic mass is 32.2. The number of thioether (sulfide) groups is 1. The number of ether oxygens (including phenoxy) is 1. The Labute approximate surface area is 159 Å². The van der Waals surface area contributed by atoms with Crippen LogP contribution in [0.1, 0.15) is 13.3 Å². The molecule has 6 nitrogen and oxygen atoms in total. The lowest BCUT2D eigenvalue weighted by atomic mass is 10.2. The van der Waals surface area contributed by atoms with E-state index in [-0.39, 0.29) is 18.0 Å². The van der Waals surface area contributed by atoms with Gasteiger partial charge in [-0.05, 0) is 31.2 Å². The van der Waals surface area contributed by atoms with E-state index >= 15 is 0 Å². The summed E-state index contributed by atoms with van der Waals surface area (Å²) >= 11 is 1.27. The van der Waals surface area contributed by atoms with Crippen LogP contribution in [0.3, 0.4) is 0 Å². The van der Waals surface area contributed by atoms with Crippen LogP contribution >= 0.6 is 11.8 Å². The number of carbonyl (C=O) groups excluding carboxylic acids is 3. The van der Waals surface area contributed by atoms with E-state index < -0.39 is 29.0 Å². The highest BCUT2D eigenvalue weighted by molar-refractivity contribution is 8.01. The topological polar surface area (TPSA) is 84.5 Å². The number of halogens is 1. The minimum atomic E-state index is -1.12. The number of hydrogen-bond acceptors (Lipinski definition) is 5. The fraction of sp³-hybridized carbons (Fsp3) is 0.211. The number of carbonyl (C=O) groups is 3. The third-order valence-corrected chi connectivity index (χ3v) is 5.14. The lowest BCUT2D eigenvalue weighted by Gasteiger charge is -2.23. The molecule has 2 amide bonds. The van der Waals surface area contributed by atoms with Crippen molar-refractivity contribution in [3.8, 4) is 0 Å². The van der Waals surface area contributed by atoms with E-state index in [2.05, 4.69) is 10.6 Å². The van der Waals surface area contributed by atoms with Gasteiger partial charge in [0, 0.05) is 4.90 Å². The lowest BCUT2D eigenvalue weighted by Crippen LogP contribution is -2.34. The number of hydrogen-bond donors (Lipinski definition) is 2. The third kappa shape index (κ3) is 4.65. The van der Waals surface area contributed by atoms with Crippen molar-refractivity contribution in [2.24, 2.45) is 0 Å². The molecule has 0 fully saturated rings. The smallest absolute Gasteiger partial charge is 0.308 e. The summed E-state index contributed by atoms with van der Waals surface area (Å²) in [5, 5.41) is 4.46. The first-order chi connectivity index (χ1) is 12.9. The maximum absolute atomic E-state index is 13.6. The summed E-state index contributed by atoms with van der Waals surface area (Å²) in [6.45, 7) is 1.39. The largest absolute Gasteiger partial charge is 0.452 e. The molecule has 0 saturated carbocycles. The molecule has 0 spiro atoms. The van der Waals surface area contributed by atoms with Gasteiger partial charge in [-0.3, -0.25) is 14.4 Å². The van der Waals surface area contributed by atoms with Gasteiger partial charge in [-0.1, -0.05) is 24.3 Å². The van der Waals surface area contributed by atoms with E-state index in [1.807, 2.05) is 18.2 Å². The van der Waals surface area contributed by atoms with Crippen molar-refractivity contribution >= 4 is 40.9 Å². The van der Waals surface area contributed by atoms with Crippen molar-refractivity contribution in [3.63, 3.8) is 0 Å². The van der Waals surface area contributed by atoms with Crippen LogP contribution in [0, 0.1) is 5.82 Å². The average molecular weight is 388 g/mol. The summed E-state index contributed by atoms with van der Waals surface area (Å²) in [6.07, 6.45) is -1.30. The first-order valence-electron chi connectivity index (χ1n) is 8.25. The Morgan fingerprint density at radius 1 is 1.22 bits per heavy atom. The van der Waals surface area contributed by atoms with Crippen LogP contribution < -0.4 is 10.6 Å². The fourth-order valence-corrected chi connectivity index (χ4v) is 3.57. The molecule has 1 aliphatic rings. The Bertz CT molecular complexity index is 890. The number of esters is 1. The summed E-state index contributed by atoms with van der Waals surface area (Å²) in [5.41, 5.74) is 0.707. The second kappa shape index (κ2) is 8.22. The predicted molar refractivity (Wildman–Crippen MR) is 99.9 cm³/mol. The van der Waals surface area contributed by atoms with E-state index in [1.54, 1.807) is 12.1 Å². The van der Waals surface area contributed by atoms with Gasteiger partial charge in [0.2, 0.25) is 5.91 Å². The van der Waals surface area contributed by atoms with E-state index in [0.717, 1.165) is 4.90 Å². The van der Waals surface area contributed by atoms with Gasteiger partial charge in [-0.2, -0.15) is 0 Å². The van der Waals surface area contributed by atoms with Crippen LogP contribution in [0.25, 0.3) is 0 Å². The Kier molecular flexibility index (Phi) is 5.75. The zero-order chi connectivity index (χ0) is 19.4. The van der Waals surface area contributed by atoms with Crippen molar-refractivity contribution in [3.05, 3.63) is 54.3 Å². The van der Waals surface area contributed by atoms with Crippen LogP contribution in [0.15, 0.2) is 53.4 Å². The van der Waals surface area contributed by atoms with Crippen molar-refractivity contribution in [1.82, 2.24) is 0 Å². The van der Waals surface area contributed by atoms with Crippen molar-refractivity contribution in [1.29, 1.82) is 0 Å². The van der Waals surface area contributed by atoms with Gasteiger partial charge in [-0.25, -0.2) is 4.39 Å². The first-order valence-corrected chi connectivity index (χ1v) is 9.13. The second-order valence-corrected chi connectivity index (χ2v) is 7.14. The predicted octanol–water partition coefficient (Wildman–Crippen LogP) is 3.20. The third-order valence-electron chi connectivity index (χ3n) is 3.87. The maximum atomic E-state index is 13.6. The molecule has 2 aromatic carbocycles. The number of benzene rings is 2. The van der Waals surface area contributed by atoms with Crippen LogP contribution in [-0.4, -0.2) is 29.1 Å². The molecule has 0 radical (unpaired) electrons. The van der Waals surface area contributed by atoms with Gasteiger partial charge < -0.3 is 15.4 Å². The number of amides is 2. The Morgan fingerprint density at radius 2 is 1.93 bits per heavy atom. The molecular weight excluding hydrogens is 371 g/mol. The molecule has 0 saturated heterocycles. The van der Waals surface area contributed by atoms with Crippen LogP contribution in [0.2, 0.25) is 0 Å². The summed E-state index contributed by atoms with van der Waals surface area (Å²) in [4.78, 5) is 37.2. The van der Waals surface area contributed by atoms with Crippen molar-refractivity contribution < 1.29 is 23.5 Å². The van der Waals surface area contributed by atoms with Gasteiger partial charge in [0.1, 0.15) is 5.82 Å². The number of rotatable bonds is 5. The van der Waals surface area contributed by atoms with Gasteiger partial charge in [0.15, 0.2) is 6.10 Å². The number of fused-ring (bicyclic) bond motifs is 1. The highest BCUT2D eigenvalue weighted by Gasteiger charge is 2.30. The van der Waals surface area contributed by atoms with Gasteiger partial charge in [0.25, 0.3) is 5.91 Å². The molecule has 0 unspecified atom stereocenters. The van der Waals surface area contributed by atoms with Gasteiger partial charge in [-0.15, -0.1) is 11.8 Å². The summed E-state index contributed by atoms with van der Waals surface area (Å²) in [5.74, 6) is -2.21. The molecule has 0 aliphatic carbocycles. The van der Waals surface area contributed by atoms with Crippen molar-refractivity contribution in [2.75, 3.05) is 10.6 Å². The standard InChI is InChI=1S/C19H17FN2O4S/c1-11(18(24)21-13-7-3-2-6-12(13)20)26-17(23)10-16-19(25)22-14-8-4-5-9-15(14)27-16/h2-9,11,16H,10H2,1H3,(H,21,24)(H,22,25)/t11-,16-/m1/s1. The summed E-state index contributed by atoms with van der Waals surface area (Å²) in [7, 11) is 0. The Hall–Kier alpha value is -2.87. The van der Waals surface area contributed by atoms with Crippen LogP contribution in [0.5, 0.6) is 0 Å². The van der Waals surface area contributed by atoms with Crippen LogP contribution in [-0.2, 0) is 19.1 Å². The number of nitrogens with one attached hydrogen (secondary N) is 2. The Balaban J connectivity index is 1.55. The van der Waals surface area contributed by atoms with Crippen molar-refractivity contribution in [2.45, 2.75) is 29.6 Å². The molecule has 0 bridgehead atoms. The quantitative estimate of drug-likeness (QED) is 0.769. The van der Waals surface area contributed by atoms with Gasteiger partial charge in [0.05, 0.1) is 23.0 Å². The zero-order valence-electron chi connectivity index (χ0n) is 14.4. The first kappa shape index (κ1) is 18.9. The van der Waals surface area contributed by atoms with E-state index in [1.165, 1.54) is 36.9 Å². The molecular formula is C19H17FN2O4S. The van der Waals surface area contributed by atoms with Gasteiger partial charge >= 0.3 is 5.97 Å². The molecule has 27 heavy (non-hydrogen) atoms. The van der Waals surface area contributed by atoms with E-state index in [0.29, 0.717) is 5.69 Å². The second-order valence-electron chi connectivity index (χ2n) is 5.90. The minimum Gasteiger partial charge on any atom is -0.452 e. The molecule has 2 atom stereocenters. The molecule has 1 heterocycles. The van der Waals surface area contributed by atoms with E-state index in [4.69, 9.17) is 4.74 Å². The molecule has 140 valence electrons. The highest BCUT2D eigenvalue weighted by Crippen LogP contribution is 2.36. The molecule has 0 aromatic heterocycles. The Morgan fingerprint density at radius 3 is 2.70 bits per heavy atom. The molecule has 2 N–H and O–H groups in total. The fourth-order valence-electron chi connectivity index (χ4n) is 2.47. The van der Waals surface area contributed by atoms with Crippen LogP contribution in [0.4, 0.5) is 15.8 Å². The summed E-state index contributed by atoms with van der Waals surface area (Å²) in [6, 6.07) is 13.0. The normalized spacial score (nSPS) is 16.7. The molecule has 1 aliphatic heterocycles. The zero-order valence-corrected chi connectivity index (χ0v) is 15.2. The SMILES string of the molecule is C[C@@H](OC(=O)C[C@H]1Sc2ccccc2NC1=O)C(=O)Nc1ccccc1F. The average Bonchev–Trinajstić information content (AvgIpc) is 2.64. The summed E-state index contributed by atoms with van der Waals surface area (Å²) < 4.78 is 18.7. The van der Waals surface area contributed by atoms with E-state index in [9.17, 15) is 18.8 Å². The maximum Gasteiger partial charge on any atom is 0.308 e. The molecule has 3 rings (SSSR count). The minimum absolute atomic E-state index is 0.00391. The molecule has 2 aromatic rings. The number of para-hydroxylation sites is 2. The monoisotopic (exact) mass is 388 g/mol.